The minimum atomic E-state index is -0.407. The van der Waals surface area contributed by atoms with Crippen molar-refractivity contribution in [3.8, 4) is 28.5 Å². The largest absolute Gasteiger partial charge is 0.496 e. The summed E-state index contributed by atoms with van der Waals surface area (Å²) in [6, 6.07) is 14.5. The number of rotatable bonds is 5. The minimum absolute atomic E-state index is 0.148. The molecule has 0 bridgehead atoms. The van der Waals surface area contributed by atoms with Crippen LogP contribution in [0, 0.1) is 0 Å². The van der Waals surface area contributed by atoms with Crippen LogP contribution >= 0.6 is 0 Å². The van der Waals surface area contributed by atoms with Crippen LogP contribution in [0.4, 0.5) is 5.95 Å². The molecule has 27 heavy (non-hydrogen) atoms. The maximum absolute atomic E-state index is 12.4. The second-order valence-corrected chi connectivity index (χ2v) is 5.54. The van der Waals surface area contributed by atoms with E-state index in [-0.39, 0.29) is 11.6 Å². The van der Waals surface area contributed by atoms with Crippen LogP contribution in [-0.4, -0.2) is 43.4 Å². The van der Waals surface area contributed by atoms with E-state index in [0.29, 0.717) is 23.0 Å². The van der Waals surface area contributed by atoms with Gasteiger partial charge in [0.05, 0.1) is 18.4 Å². The van der Waals surface area contributed by atoms with Gasteiger partial charge in [-0.25, -0.2) is 0 Å². The highest BCUT2D eigenvalue weighted by Gasteiger charge is 2.15. The number of amides is 1. The van der Waals surface area contributed by atoms with E-state index in [4.69, 9.17) is 4.74 Å². The Labute approximate surface area is 153 Å². The van der Waals surface area contributed by atoms with Gasteiger partial charge in [0, 0.05) is 6.20 Å². The molecular weight excluding hydrogens is 346 g/mol. The van der Waals surface area contributed by atoms with Crippen LogP contribution in [0.3, 0.4) is 0 Å². The molecule has 1 aromatic carbocycles. The van der Waals surface area contributed by atoms with Gasteiger partial charge >= 0.3 is 0 Å². The molecule has 4 rings (SSSR count). The molecule has 3 heterocycles. The van der Waals surface area contributed by atoms with Gasteiger partial charge in [0.1, 0.15) is 17.1 Å². The number of nitrogens with zero attached hydrogens (tertiary/aromatic N) is 4. The average Bonchev–Trinajstić information content (AvgIpc) is 3.38. The predicted molar refractivity (Wildman–Crippen MR) is 98.1 cm³/mol. The Balaban J connectivity index is 1.51. The normalized spacial score (nSPS) is 10.6. The molecule has 3 N–H and O–H groups in total. The van der Waals surface area contributed by atoms with E-state index in [9.17, 15) is 4.79 Å². The molecule has 0 fully saturated rings. The Bertz CT molecular complexity index is 1070. The zero-order valence-corrected chi connectivity index (χ0v) is 14.3. The number of aromatic nitrogens is 6. The molecule has 0 atom stereocenters. The quantitative estimate of drug-likeness (QED) is 0.502. The van der Waals surface area contributed by atoms with E-state index in [1.165, 1.54) is 0 Å². The molecule has 0 aliphatic heterocycles. The molecule has 0 unspecified atom stereocenters. The Kier molecular flexibility index (Phi) is 4.32. The molecule has 0 saturated heterocycles. The monoisotopic (exact) mass is 361 g/mol. The lowest BCUT2D eigenvalue weighted by Gasteiger charge is -2.04. The van der Waals surface area contributed by atoms with Gasteiger partial charge in [-0.05, 0) is 30.3 Å². The molecule has 0 aliphatic carbocycles. The number of benzene rings is 1. The number of carbonyl (C=O) groups is 1. The molecule has 1 amide bonds. The number of ether oxygens (including phenoxy) is 1. The highest BCUT2D eigenvalue weighted by molar-refractivity contribution is 6.02. The van der Waals surface area contributed by atoms with Gasteiger partial charge in [-0.3, -0.25) is 25.3 Å². The number of hydrogen-bond acceptors (Lipinski definition) is 6. The minimum Gasteiger partial charge on any atom is -0.496 e. The Morgan fingerprint density at radius 3 is 2.70 bits per heavy atom. The Morgan fingerprint density at radius 1 is 1.04 bits per heavy atom. The number of nitrogens with one attached hydrogen (secondary N) is 3. The highest BCUT2D eigenvalue weighted by Crippen LogP contribution is 2.27. The number of pyridine rings is 1. The topological polar surface area (TPSA) is 121 Å². The number of hydrogen-bond donors (Lipinski definition) is 3. The summed E-state index contributed by atoms with van der Waals surface area (Å²) in [5, 5.41) is 16.3. The zero-order valence-electron chi connectivity index (χ0n) is 14.3. The van der Waals surface area contributed by atoms with Gasteiger partial charge in [-0.15, -0.1) is 5.10 Å². The first-order valence-electron chi connectivity index (χ1n) is 8.08. The van der Waals surface area contributed by atoms with Crippen LogP contribution in [0.1, 0.15) is 10.5 Å². The molecule has 4 aromatic rings. The van der Waals surface area contributed by atoms with E-state index in [1.807, 2.05) is 42.5 Å². The lowest BCUT2D eigenvalue weighted by atomic mass is 10.2. The second-order valence-electron chi connectivity index (χ2n) is 5.54. The highest BCUT2D eigenvalue weighted by atomic mass is 16.5. The molecule has 9 heteroatoms. The summed E-state index contributed by atoms with van der Waals surface area (Å²) in [5.74, 6) is 0.881. The van der Waals surface area contributed by atoms with Gasteiger partial charge in [0.2, 0.25) is 5.95 Å². The fraction of sp³-hybridized carbons (Fsp3) is 0.0556. The van der Waals surface area contributed by atoms with Crippen molar-refractivity contribution in [3.63, 3.8) is 0 Å². The Morgan fingerprint density at radius 2 is 1.89 bits per heavy atom. The summed E-state index contributed by atoms with van der Waals surface area (Å²) >= 11 is 0. The van der Waals surface area contributed by atoms with Crippen molar-refractivity contribution < 1.29 is 9.53 Å². The molecule has 9 nitrogen and oxygen atoms in total. The second kappa shape index (κ2) is 7.08. The summed E-state index contributed by atoms with van der Waals surface area (Å²) < 4.78 is 5.31. The van der Waals surface area contributed by atoms with Crippen LogP contribution in [0.15, 0.2) is 54.7 Å². The smallest absolute Gasteiger partial charge is 0.276 e. The first-order valence-corrected chi connectivity index (χ1v) is 8.08. The van der Waals surface area contributed by atoms with E-state index >= 15 is 0 Å². The maximum Gasteiger partial charge on any atom is 0.276 e. The number of anilines is 1. The number of methoxy groups -OCH3 is 1. The van der Waals surface area contributed by atoms with Crippen molar-refractivity contribution in [3.05, 3.63) is 60.4 Å². The van der Waals surface area contributed by atoms with E-state index in [2.05, 4.69) is 35.7 Å². The summed E-state index contributed by atoms with van der Waals surface area (Å²) in [5.41, 5.74) is 2.26. The van der Waals surface area contributed by atoms with Gasteiger partial charge in [0.15, 0.2) is 5.82 Å². The number of aromatic amines is 2. The van der Waals surface area contributed by atoms with Crippen molar-refractivity contribution in [1.82, 2.24) is 30.4 Å². The third-order valence-corrected chi connectivity index (χ3v) is 3.82. The third kappa shape index (κ3) is 3.38. The van der Waals surface area contributed by atoms with Crippen molar-refractivity contribution >= 4 is 11.9 Å². The molecule has 0 radical (unpaired) electrons. The lowest BCUT2D eigenvalue weighted by Crippen LogP contribution is -2.13. The fourth-order valence-electron chi connectivity index (χ4n) is 2.53. The first-order chi connectivity index (χ1) is 13.2. The van der Waals surface area contributed by atoms with E-state index in [1.54, 1.807) is 19.4 Å². The van der Waals surface area contributed by atoms with Crippen molar-refractivity contribution in [2.75, 3.05) is 12.4 Å². The van der Waals surface area contributed by atoms with Gasteiger partial charge < -0.3 is 4.74 Å². The summed E-state index contributed by atoms with van der Waals surface area (Å²) in [6.07, 6.45) is 1.66. The number of carbonyl (C=O) groups excluding carboxylic acids is 1. The average molecular weight is 361 g/mol. The van der Waals surface area contributed by atoms with Gasteiger partial charge in [-0.1, -0.05) is 18.2 Å². The Hall–Kier alpha value is -4.01. The van der Waals surface area contributed by atoms with Crippen LogP contribution in [0.25, 0.3) is 22.8 Å². The van der Waals surface area contributed by atoms with E-state index < -0.39 is 5.91 Å². The third-order valence-electron chi connectivity index (χ3n) is 3.82. The van der Waals surface area contributed by atoms with Crippen LogP contribution < -0.4 is 10.1 Å². The molecule has 0 aliphatic rings. The van der Waals surface area contributed by atoms with Crippen molar-refractivity contribution in [2.24, 2.45) is 0 Å². The summed E-state index contributed by atoms with van der Waals surface area (Å²) in [4.78, 5) is 20.9. The van der Waals surface area contributed by atoms with Crippen LogP contribution in [0.2, 0.25) is 0 Å². The van der Waals surface area contributed by atoms with Crippen LogP contribution in [0.5, 0.6) is 5.75 Å². The summed E-state index contributed by atoms with van der Waals surface area (Å²) in [7, 11) is 1.58. The molecule has 0 saturated carbocycles. The van der Waals surface area contributed by atoms with E-state index in [0.717, 1.165) is 5.56 Å². The zero-order chi connectivity index (χ0) is 18.6. The molecule has 134 valence electrons. The maximum atomic E-state index is 12.4. The molecule has 3 aromatic heterocycles. The van der Waals surface area contributed by atoms with Crippen LogP contribution in [-0.2, 0) is 0 Å². The molecule has 0 spiro atoms. The standard InChI is InChI=1S/C18H15N7O2/c1-27-15-8-3-2-6-11(15)16-20-18(25-24-16)21-17(26)14-10-13(22-23-14)12-7-4-5-9-19-12/h2-10H,1H3,(H,22,23)(H2,20,21,24,25,26). The summed E-state index contributed by atoms with van der Waals surface area (Å²) in [6.45, 7) is 0. The number of para-hydroxylation sites is 1. The van der Waals surface area contributed by atoms with Crippen molar-refractivity contribution in [2.45, 2.75) is 0 Å². The SMILES string of the molecule is COc1ccccc1-c1nc(NC(=O)c2cc(-c3ccccn3)n[nH]2)n[nH]1. The number of H-pyrrole nitrogens is 2. The lowest BCUT2D eigenvalue weighted by molar-refractivity contribution is 0.102. The first kappa shape index (κ1) is 16.5. The van der Waals surface area contributed by atoms with Gasteiger partial charge in [0.25, 0.3) is 5.91 Å². The van der Waals surface area contributed by atoms with Crippen molar-refractivity contribution in [1.29, 1.82) is 0 Å². The fourth-order valence-corrected chi connectivity index (χ4v) is 2.53. The van der Waals surface area contributed by atoms with Gasteiger partial charge in [-0.2, -0.15) is 10.1 Å². The molecular formula is C18H15N7O2. The predicted octanol–water partition coefficient (Wildman–Crippen LogP) is 2.52.